The van der Waals surface area contributed by atoms with E-state index in [1.165, 1.54) is 0 Å². The Bertz CT molecular complexity index is 125. The van der Waals surface area contributed by atoms with Crippen LogP contribution in [0, 0.1) is 5.92 Å². The van der Waals surface area contributed by atoms with Crippen molar-refractivity contribution >= 4 is 0 Å². The first kappa shape index (κ1) is 9.28. The van der Waals surface area contributed by atoms with Gasteiger partial charge in [0.15, 0.2) is 0 Å². The third-order valence-electron chi connectivity index (χ3n) is 1.51. The third kappa shape index (κ3) is 3.33. The largest absolute Gasteiger partial charge is 0.501 e. The van der Waals surface area contributed by atoms with E-state index < -0.39 is 0 Å². The van der Waals surface area contributed by atoms with Crippen LogP contribution in [0.25, 0.3) is 0 Å². The zero-order valence-electron chi connectivity index (χ0n) is 7.05. The molecule has 0 heterocycles. The van der Waals surface area contributed by atoms with Crippen LogP contribution < -0.4 is 0 Å². The van der Waals surface area contributed by atoms with Crippen LogP contribution in [0.4, 0.5) is 0 Å². The van der Waals surface area contributed by atoms with Gasteiger partial charge in [-0.25, -0.2) is 0 Å². The summed E-state index contributed by atoms with van der Waals surface area (Å²) in [4.78, 5) is 0. The summed E-state index contributed by atoms with van der Waals surface area (Å²) < 4.78 is 5.09. The number of methoxy groups -OCH3 is 1. The predicted octanol–water partition coefficient (Wildman–Crippen LogP) is 2.75. The third-order valence-corrected chi connectivity index (χ3v) is 1.51. The van der Waals surface area contributed by atoms with E-state index in [9.17, 15) is 0 Å². The van der Waals surface area contributed by atoms with Gasteiger partial charge in [0, 0.05) is 6.42 Å². The van der Waals surface area contributed by atoms with Crippen molar-refractivity contribution in [3.63, 3.8) is 0 Å². The van der Waals surface area contributed by atoms with Crippen LogP contribution in [0.5, 0.6) is 0 Å². The minimum atomic E-state index is 0.506. The highest BCUT2D eigenvalue weighted by molar-refractivity contribution is 4.94. The molecular weight excluding hydrogens is 124 g/mol. The first-order valence-corrected chi connectivity index (χ1v) is 3.56. The first-order valence-electron chi connectivity index (χ1n) is 3.56. The van der Waals surface area contributed by atoms with Gasteiger partial charge >= 0.3 is 0 Å². The van der Waals surface area contributed by atoms with Crippen molar-refractivity contribution in [3.8, 4) is 0 Å². The first-order chi connectivity index (χ1) is 4.74. The fourth-order valence-corrected chi connectivity index (χ4v) is 0.720. The van der Waals surface area contributed by atoms with Crippen molar-refractivity contribution in [2.75, 3.05) is 7.11 Å². The lowest BCUT2D eigenvalue weighted by molar-refractivity contribution is 0.268. The maximum absolute atomic E-state index is 5.09. The lowest BCUT2D eigenvalue weighted by Crippen LogP contribution is -1.94. The summed E-state index contributed by atoms with van der Waals surface area (Å²) in [6.45, 7) is 7.80. The van der Waals surface area contributed by atoms with Crippen LogP contribution in [-0.4, -0.2) is 7.11 Å². The van der Waals surface area contributed by atoms with Gasteiger partial charge in [-0.05, 0) is 18.9 Å². The molecule has 0 fully saturated rings. The monoisotopic (exact) mass is 140 g/mol. The fraction of sp³-hybridized carbons (Fsp3) is 0.556. The summed E-state index contributed by atoms with van der Waals surface area (Å²) in [6, 6.07) is 0. The normalized spacial score (nSPS) is 14.5. The number of hydrogen-bond donors (Lipinski definition) is 0. The van der Waals surface area contributed by atoms with Gasteiger partial charge in [0.05, 0.1) is 12.9 Å². The van der Waals surface area contributed by atoms with E-state index in [2.05, 4.69) is 13.5 Å². The average molecular weight is 140 g/mol. The highest BCUT2D eigenvalue weighted by atomic mass is 16.5. The second-order valence-electron chi connectivity index (χ2n) is 2.38. The summed E-state index contributed by atoms with van der Waals surface area (Å²) in [7, 11) is 1.70. The zero-order chi connectivity index (χ0) is 7.98. The molecule has 0 aliphatic rings. The molecule has 0 spiro atoms. The fourth-order valence-electron chi connectivity index (χ4n) is 0.720. The molecule has 58 valence electrons. The Morgan fingerprint density at radius 1 is 1.70 bits per heavy atom. The molecule has 0 aliphatic carbocycles. The highest BCUT2D eigenvalue weighted by Crippen LogP contribution is 2.11. The standard InChI is InChI=1S/C9H16O/c1-5-8(3)7-9(6-2)10-4/h5-6,8H,1,7H2,2-4H3/b9-6+. The SMILES string of the molecule is C=CC(C)C/C(=C\C)OC. The minimum absolute atomic E-state index is 0.506. The molecule has 0 radical (unpaired) electrons. The Morgan fingerprint density at radius 3 is 2.60 bits per heavy atom. The van der Waals surface area contributed by atoms with E-state index in [1.807, 2.05) is 19.1 Å². The van der Waals surface area contributed by atoms with E-state index in [0.717, 1.165) is 12.2 Å². The topological polar surface area (TPSA) is 9.23 Å². The van der Waals surface area contributed by atoms with Crippen LogP contribution in [0.2, 0.25) is 0 Å². The van der Waals surface area contributed by atoms with E-state index in [-0.39, 0.29) is 0 Å². The second kappa shape index (κ2) is 5.10. The summed E-state index contributed by atoms with van der Waals surface area (Å²) in [5.74, 6) is 1.54. The Morgan fingerprint density at radius 2 is 2.30 bits per heavy atom. The van der Waals surface area contributed by atoms with E-state index >= 15 is 0 Å². The highest BCUT2D eigenvalue weighted by Gasteiger charge is 1.99. The van der Waals surface area contributed by atoms with E-state index in [4.69, 9.17) is 4.74 Å². The van der Waals surface area contributed by atoms with Gasteiger partial charge in [0.25, 0.3) is 0 Å². The molecule has 1 heteroatoms. The van der Waals surface area contributed by atoms with Crippen LogP contribution >= 0.6 is 0 Å². The van der Waals surface area contributed by atoms with Gasteiger partial charge in [-0.15, -0.1) is 6.58 Å². The molecule has 0 bridgehead atoms. The molecule has 0 amide bonds. The maximum Gasteiger partial charge on any atom is 0.0918 e. The molecule has 10 heavy (non-hydrogen) atoms. The number of hydrogen-bond acceptors (Lipinski definition) is 1. The molecule has 0 aliphatic heterocycles. The van der Waals surface area contributed by atoms with Gasteiger partial charge in [-0.2, -0.15) is 0 Å². The molecule has 0 aromatic rings. The lowest BCUT2D eigenvalue weighted by atomic mass is 10.1. The van der Waals surface area contributed by atoms with Crippen LogP contribution in [0.15, 0.2) is 24.5 Å². The number of ether oxygens (including phenoxy) is 1. The van der Waals surface area contributed by atoms with Gasteiger partial charge in [-0.1, -0.05) is 13.0 Å². The Balaban J connectivity index is 3.74. The van der Waals surface area contributed by atoms with Gasteiger partial charge in [-0.3, -0.25) is 0 Å². The maximum atomic E-state index is 5.09. The molecule has 0 aromatic carbocycles. The summed E-state index contributed by atoms with van der Waals surface area (Å²) in [5, 5.41) is 0. The molecule has 1 atom stereocenters. The lowest BCUT2D eigenvalue weighted by Gasteiger charge is -2.07. The van der Waals surface area contributed by atoms with Crippen molar-refractivity contribution in [1.29, 1.82) is 0 Å². The van der Waals surface area contributed by atoms with Crippen molar-refractivity contribution in [1.82, 2.24) is 0 Å². The molecule has 0 saturated heterocycles. The van der Waals surface area contributed by atoms with Crippen molar-refractivity contribution in [2.45, 2.75) is 20.3 Å². The molecule has 1 nitrogen and oxygen atoms in total. The van der Waals surface area contributed by atoms with Gasteiger partial charge < -0.3 is 4.74 Å². The predicted molar refractivity (Wildman–Crippen MR) is 44.7 cm³/mol. The Labute approximate surface area is 63.4 Å². The quantitative estimate of drug-likeness (QED) is 0.431. The number of rotatable bonds is 4. The molecule has 0 rings (SSSR count). The smallest absolute Gasteiger partial charge is 0.0918 e. The average Bonchev–Trinajstić information content (AvgIpc) is 1.99. The Hall–Kier alpha value is -0.720. The minimum Gasteiger partial charge on any atom is -0.501 e. The molecule has 0 saturated carbocycles. The summed E-state index contributed by atoms with van der Waals surface area (Å²) >= 11 is 0. The summed E-state index contributed by atoms with van der Waals surface area (Å²) in [6.07, 6.45) is 4.87. The van der Waals surface area contributed by atoms with E-state index in [0.29, 0.717) is 5.92 Å². The van der Waals surface area contributed by atoms with Crippen molar-refractivity contribution in [3.05, 3.63) is 24.5 Å². The second-order valence-corrected chi connectivity index (χ2v) is 2.38. The van der Waals surface area contributed by atoms with Crippen LogP contribution in [0.3, 0.4) is 0 Å². The van der Waals surface area contributed by atoms with Crippen LogP contribution in [-0.2, 0) is 4.74 Å². The summed E-state index contributed by atoms with van der Waals surface area (Å²) in [5.41, 5.74) is 0. The van der Waals surface area contributed by atoms with Crippen LogP contribution in [0.1, 0.15) is 20.3 Å². The Kier molecular flexibility index (Phi) is 4.73. The van der Waals surface area contributed by atoms with Crippen molar-refractivity contribution < 1.29 is 4.74 Å². The molecule has 0 N–H and O–H groups in total. The van der Waals surface area contributed by atoms with Gasteiger partial charge in [0.1, 0.15) is 0 Å². The van der Waals surface area contributed by atoms with E-state index in [1.54, 1.807) is 7.11 Å². The van der Waals surface area contributed by atoms with Gasteiger partial charge in [0.2, 0.25) is 0 Å². The molecule has 1 unspecified atom stereocenters. The molecular formula is C9H16O. The van der Waals surface area contributed by atoms with Crippen molar-refractivity contribution in [2.24, 2.45) is 5.92 Å². The number of allylic oxidation sites excluding steroid dienone is 3. The zero-order valence-corrected chi connectivity index (χ0v) is 7.05. The molecule has 0 aromatic heterocycles.